The number of carbonyl (C=O) groups excluding carboxylic acids is 1. The molecule has 6 heteroatoms. The maximum absolute atomic E-state index is 12.3. The second-order valence-electron chi connectivity index (χ2n) is 7.49. The summed E-state index contributed by atoms with van der Waals surface area (Å²) in [4.78, 5) is 16.9. The number of anilines is 1. The molecule has 0 unspecified atom stereocenters. The predicted molar refractivity (Wildman–Crippen MR) is 121 cm³/mol. The van der Waals surface area contributed by atoms with Gasteiger partial charge in [-0.3, -0.25) is 4.79 Å². The van der Waals surface area contributed by atoms with E-state index in [1.165, 1.54) is 5.56 Å². The molecule has 1 heterocycles. The van der Waals surface area contributed by atoms with Gasteiger partial charge in [0.05, 0.1) is 7.11 Å². The smallest absolute Gasteiger partial charge is 0.262 e. The van der Waals surface area contributed by atoms with Gasteiger partial charge in [-0.15, -0.1) is 0 Å². The number of nitrogens with zero attached hydrogens (tertiary/aromatic N) is 1. The molecule has 0 saturated heterocycles. The molecule has 4 aromatic rings. The molecule has 0 aliphatic heterocycles. The summed E-state index contributed by atoms with van der Waals surface area (Å²) in [6.45, 7) is 4.19. The highest BCUT2D eigenvalue weighted by Gasteiger charge is 2.11. The van der Waals surface area contributed by atoms with E-state index in [0.717, 1.165) is 5.56 Å². The standard InChI is InChI=1S/C25H24N2O4/c1-16(2)17-7-9-20(10-8-17)30-15-24(28)26-19-6-4-5-18(13-19)25-27-22-14-21(29-3)11-12-23(22)31-25/h4-14,16H,15H2,1-3H3,(H,26,28). The van der Waals surface area contributed by atoms with E-state index in [1.807, 2.05) is 66.7 Å². The minimum Gasteiger partial charge on any atom is -0.497 e. The second-order valence-corrected chi connectivity index (χ2v) is 7.49. The van der Waals surface area contributed by atoms with Crippen LogP contribution in [0.2, 0.25) is 0 Å². The highest BCUT2D eigenvalue weighted by atomic mass is 16.5. The molecule has 1 amide bonds. The molecule has 0 atom stereocenters. The van der Waals surface area contributed by atoms with Crippen LogP contribution in [-0.2, 0) is 4.79 Å². The van der Waals surface area contributed by atoms with Crippen LogP contribution in [-0.4, -0.2) is 24.6 Å². The van der Waals surface area contributed by atoms with Crippen molar-refractivity contribution < 1.29 is 18.7 Å². The Morgan fingerprint density at radius 1 is 1.03 bits per heavy atom. The summed E-state index contributed by atoms with van der Waals surface area (Å²) in [6.07, 6.45) is 0. The number of hydrogen-bond acceptors (Lipinski definition) is 5. The molecule has 0 bridgehead atoms. The molecule has 0 radical (unpaired) electrons. The first-order valence-corrected chi connectivity index (χ1v) is 10.1. The normalized spacial score (nSPS) is 11.0. The number of ether oxygens (including phenoxy) is 2. The summed E-state index contributed by atoms with van der Waals surface area (Å²) in [6, 6.07) is 20.6. The quantitative estimate of drug-likeness (QED) is 0.422. The van der Waals surface area contributed by atoms with Gasteiger partial charge in [0, 0.05) is 17.3 Å². The Hall–Kier alpha value is -3.80. The molecule has 0 spiro atoms. The summed E-state index contributed by atoms with van der Waals surface area (Å²) >= 11 is 0. The van der Waals surface area contributed by atoms with Gasteiger partial charge in [-0.2, -0.15) is 0 Å². The largest absolute Gasteiger partial charge is 0.497 e. The molecular formula is C25H24N2O4. The van der Waals surface area contributed by atoms with Gasteiger partial charge in [0.2, 0.25) is 5.89 Å². The first kappa shape index (κ1) is 20.5. The van der Waals surface area contributed by atoms with E-state index in [2.05, 4.69) is 24.1 Å². The van der Waals surface area contributed by atoms with Crippen LogP contribution in [0.1, 0.15) is 25.3 Å². The average Bonchev–Trinajstić information content (AvgIpc) is 3.21. The Kier molecular flexibility index (Phi) is 5.89. The minimum absolute atomic E-state index is 0.0755. The molecule has 0 aliphatic rings. The first-order chi connectivity index (χ1) is 15.0. The minimum atomic E-state index is -0.243. The lowest BCUT2D eigenvalue weighted by atomic mass is 10.0. The SMILES string of the molecule is COc1ccc2oc(-c3cccc(NC(=O)COc4ccc(C(C)C)cc4)c3)nc2c1. The number of methoxy groups -OCH3 is 1. The van der Waals surface area contributed by atoms with Crippen molar-refractivity contribution in [2.45, 2.75) is 19.8 Å². The van der Waals surface area contributed by atoms with E-state index >= 15 is 0 Å². The number of rotatable bonds is 7. The van der Waals surface area contributed by atoms with Gasteiger partial charge in [-0.05, 0) is 53.9 Å². The van der Waals surface area contributed by atoms with Gasteiger partial charge < -0.3 is 19.2 Å². The number of amides is 1. The van der Waals surface area contributed by atoms with E-state index in [4.69, 9.17) is 13.9 Å². The highest BCUT2D eigenvalue weighted by Crippen LogP contribution is 2.28. The fraction of sp³-hybridized carbons (Fsp3) is 0.200. The molecule has 6 nitrogen and oxygen atoms in total. The zero-order valence-electron chi connectivity index (χ0n) is 17.7. The number of benzene rings is 3. The van der Waals surface area contributed by atoms with Crippen LogP contribution in [0, 0.1) is 0 Å². The molecule has 1 aromatic heterocycles. The van der Waals surface area contributed by atoms with Crippen LogP contribution < -0.4 is 14.8 Å². The third kappa shape index (κ3) is 4.86. The third-order valence-corrected chi connectivity index (χ3v) is 4.90. The van der Waals surface area contributed by atoms with Crippen molar-refractivity contribution in [2.24, 2.45) is 0 Å². The van der Waals surface area contributed by atoms with Crippen LogP contribution in [0.4, 0.5) is 5.69 Å². The van der Waals surface area contributed by atoms with E-state index in [1.54, 1.807) is 7.11 Å². The third-order valence-electron chi connectivity index (χ3n) is 4.90. The summed E-state index contributed by atoms with van der Waals surface area (Å²) in [5.41, 5.74) is 4.01. The number of oxazole rings is 1. The van der Waals surface area contributed by atoms with Crippen molar-refractivity contribution in [3.05, 3.63) is 72.3 Å². The zero-order chi connectivity index (χ0) is 21.8. The molecule has 1 N–H and O–H groups in total. The molecular weight excluding hydrogens is 392 g/mol. The van der Waals surface area contributed by atoms with Gasteiger partial charge in [-0.25, -0.2) is 4.98 Å². The molecule has 0 saturated carbocycles. The van der Waals surface area contributed by atoms with Crippen molar-refractivity contribution in [1.82, 2.24) is 4.98 Å². The van der Waals surface area contributed by atoms with Gasteiger partial charge in [-0.1, -0.05) is 32.0 Å². The predicted octanol–water partition coefficient (Wildman–Crippen LogP) is 5.64. The molecule has 4 rings (SSSR count). The van der Waals surface area contributed by atoms with Crippen LogP contribution in [0.5, 0.6) is 11.5 Å². The topological polar surface area (TPSA) is 73.6 Å². The Balaban J connectivity index is 1.41. The molecule has 0 aliphatic carbocycles. The summed E-state index contributed by atoms with van der Waals surface area (Å²) < 4.78 is 16.7. The van der Waals surface area contributed by atoms with E-state index in [9.17, 15) is 4.79 Å². The number of fused-ring (bicyclic) bond motifs is 1. The van der Waals surface area contributed by atoms with Crippen molar-refractivity contribution >= 4 is 22.7 Å². The maximum Gasteiger partial charge on any atom is 0.262 e. The van der Waals surface area contributed by atoms with Crippen molar-refractivity contribution in [3.8, 4) is 23.0 Å². The molecule has 158 valence electrons. The number of hydrogen-bond donors (Lipinski definition) is 1. The van der Waals surface area contributed by atoms with Gasteiger partial charge in [0.15, 0.2) is 12.2 Å². The van der Waals surface area contributed by atoms with Crippen molar-refractivity contribution in [1.29, 1.82) is 0 Å². The fourth-order valence-electron chi connectivity index (χ4n) is 3.18. The van der Waals surface area contributed by atoms with E-state index in [-0.39, 0.29) is 12.5 Å². The van der Waals surface area contributed by atoms with Crippen LogP contribution in [0.25, 0.3) is 22.6 Å². The molecule has 31 heavy (non-hydrogen) atoms. The Labute approximate surface area is 180 Å². The molecule has 0 fully saturated rings. The van der Waals surface area contributed by atoms with Gasteiger partial charge in [0.25, 0.3) is 5.91 Å². The lowest BCUT2D eigenvalue weighted by molar-refractivity contribution is -0.118. The van der Waals surface area contributed by atoms with Crippen LogP contribution in [0.3, 0.4) is 0 Å². The van der Waals surface area contributed by atoms with Crippen LogP contribution >= 0.6 is 0 Å². The zero-order valence-corrected chi connectivity index (χ0v) is 17.7. The fourth-order valence-corrected chi connectivity index (χ4v) is 3.18. The van der Waals surface area contributed by atoms with E-state index in [0.29, 0.717) is 40.1 Å². The van der Waals surface area contributed by atoms with E-state index < -0.39 is 0 Å². The number of aromatic nitrogens is 1. The maximum atomic E-state index is 12.3. The second kappa shape index (κ2) is 8.92. The van der Waals surface area contributed by atoms with Gasteiger partial charge >= 0.3 is 0 Å². The summed E-state index contributed by atoms with van der Waals surface area (Å²) in [5, 5.41) is 2.85. The van der Waals surface area contributed by atoms with Crippen LogP contribution in [0.15, 0.2) is 71.1 Å². The number of nitrogens with one attached hydrogen (secondary N) is 1. The van der Waals surface area contributed by atoms with Crippen molar-refractivity contribution in [2.75, 3.05) is 19.0 Å². The Bertz CT molecular complexity index is 1200. The Morgan fingerprint density at radius 2 is 1.81 bits per heavy atom. The summed E-state index contributed by atoms with van der Waals surface area (Å²) in [5.74, 6) is 2.06. The average molecular weight is 416 g/mol. The first-order valence-electron chi connectivity index (χ1n) is 10.1. The lowest BCUT2D eigenvalue weighted by Crippen LogP contribution is -2.20. The lowest BCUT2D eigenvalue weighted by Gasteiger charge is -2.10. The monoisotopic (exact) mass is 416 g/mol. The Morgan fingerprint density at radius 3 is 2.55 bits per heavy atom. The highest BCUT2D eigenvalue weighted by molar-refractivity contribution is 5.92. The van der Waals surface area contributed by atoms with Gasteiger partial charge in [0.1, 0.15) is 17.0 Å². The summed E-state index contributed by atoms with van der Waals surface area (Å²) in [7, 11) is 1.61. The van der Waals surface area contributed by atoms with Crippen molar-refractivity contribution in [3.63, 3.8) is 0 Å². The number of carbonyl (C=O) groups is 1. The molecule has 3 aromatic carbocycles.